The summed E-state index contributed by atoms with van der Waals surface area (Å²) in [7, 11) is 0. The van der Waals surface area contributed by atoms with E-state index in [1.807, 2.05) is 11.0 Å². The minimum atomic E-state index is -0.341. The minimum Gasteiger partial charge on any atom is -0.426 e. The number of ether oxygens (including phenoxy) is 1. The van der Waals surface area contributed by atoms with Crippen LogP contribution in [0.4, 0.5) is 8.78 Å². The summed E-state index contributed by atoms with van der Waals surface area (Å²) in [6.45, 7) is 1.23. The highest BCUT2D eigenvalue weighted by molar-refractivity contribution is 5.87. The normalized spacial score (nSPS) is 21.9. The molecule has 2 aromatic carbocycles. The van der Waals surface area contributed by atoms with Gasteiger partial charge in [-0.2, -0.15) is 4.99 Å². The van der Waals surface area contributed by atoms with E-state index in [1.54, 1.807) is 30.5 Å². The summed E-state index contributed by atoms with van der Waals surface area (Å²) in [5.41, 5.74) is 7.71. The number of rotatable bonds is 3. The zero-order chi connectivity index (χ0) is 19.5. The molecular weight excluding hydrogens is 362 g/mol. The zero-order valence-corrected chi connectivity index (χ0v) is 15.1. The first kappa shape index (κ1) is 18.3. The van der Waals surface area contributed by atoms with Crippen LogP contribution < -0.4 is 10.5 Å². The summed E-state index contributed by atoms with van der Waals surface area (Å²) in [5, 5.41) is 0. The number of nitrogens with two attached hydrogens (primary N) is 1. The quantitative estimate of drug-likeness (QED) is 0.887. The third kappa shape index (κ3) is 3.94. The van der Waals surface area contributed by atoms with E-state index in [2.05, 4.69) is 9.98 Å². The topological polar surface area (TPSA) is 63.2 Å². The van der Waals surface area contributed by atoms with Crippen LogP contribution in [0.2, 0.25) is 0 Å². The summed E-state index contributed by atoms with van der Waals surface area (Å²) in [4.78, 5) is 10.9. The van der Waals surface area contributed by atoms with E-state index in [4.69, 9.17) is 10.5 Å². The van der Waals surface area contributed by atoms with Crippen molar-refractivity contribution < 1.29 is 13.5 Å². The van der Waals surface area contributed by atoms with E-state index in [0.717, 1.165) is 12.0 Å². The molecule has 0 bridgehead atoms. The van der Waals surface area contributed by atoms with Gasteiger partial charge >= 0.3 is 0 Å². The molecule has 0 aromatic heterocycles. The largest absolute Gasteiger partial charge is 0.426 e. The van der Waals surface area contributed by atoms with E-state index >= 15 is 0 Å². The molecule has 2 unspecified atom stereocenters. The summed E-state index contributed by atoms with van der Waals surface area (Å²) in [6.07, 6.45) is 4.50. The van der Waals surface area contributed by atoms with Crippen molar-refractivity contribution in [3.63, 3.8) is 0 Å². The molecule has 0 aliphatic carbocycles. The van der Waals surface area contributed by atoms with Gasteiger partial charge in [0.25, 0.3) is 6.02 Å². The van der Waals surface area contributed by atoms with Crippen LogP contribution in [0, 0.1) is 11.6 Å². The molecule has 0 amide bonds. The van der Waals surface area contributed by atoms with Crippen LogP contribution in [0.5, 0.6) is 5.75 Å². The fraction of sp³-hybridized carbons (Fsp3) is 0.238. The first-order valence-electron chi connectivity index (χ1n) is 9.10. The lowest BCUT2D eigenvalue weighted by atomic mass is 10.0. The van der Waals surface area contributed by atoms with Gasteiger partial charge in [0.1, 0.15) is 17.4 Å². The molecule has 0 saturated carbocycles. The number of benzene rings is 2. The average Bonchev–Trinajstić information content (AvgIpc) is 2.71. The van der Waals surface area contributed by atoms with Crippen molar-refractivity contribution in [3.05, 3.63) is 71.8 Å². The summed E-state index contributed by atoms with van der Waals surface area (Å²) in [5.74, 6) is -0.170. The van der Waals surface area contributed by atoms with Crippen molar-refractivity contribution in [2.75, 3.05) is 13.1 Å². The van der Waals surface area contributed by atoms with Gasteiger partial charge in [-0.25, -0.2) is 8.78 Å². The van der Waals surface area contributed by atoms with Gasteiger partial charge in [0, 0.05) is 24.9 Å². The molecule has 7 heteroatoms. The molecule has 2 atom stereocenters. The maximum absolute atomic E-state index is 13.3. The van der Waals surface area contributed by atoms with Gasteiger partial charge in [-0.15, -0.1) is 0 Å². The Morgan fingerprint density at radius 2 is 1.68 bits per heavy atom. The van der Waals surface area contributed by atoms with Crippen molar-refractivity contribution >= 4 is 17.9 Å². The Kier molecular flexibility index (Phi) is 5.16. The molecule has 0 radical (unpaired) electrons. The Morgan fingerprint density at radius 3 is 2.36 bits per heavy atom. The third-order valence-electron chi connectivity index (χ3n) is 4.78. The first-order chi connectivity index (χ1) is 13.6. The fourth-order valence-electron chi connectivity index (χ4n) is 3.30. The number of nitrogens with zero attached hydrogens (tertiary/aromatic N) is 3. The SMILES string of the molecule is NC1C=NCCC1N1CC=C(c2ccc(F)cc2)N=C1Oc1ccc(F)cc1. The molecule has 28 heavy (non-hydrogen) atoms. The molecule has 2 aromatic rings. The summed E-state index contributed by atoms with van der Waals surface area (Å²) < 4.78 is 32.5. The standard InChI is InChI=1S/C21H20F2N4O/c22-15-3-1-14(2-4-15)19-10-12-27(20-9-11-25-13-18(20)24)21(26-19)28-17-7-5-16(23)6-8-17/h1-8,10,13,18,20H,9,11-12,24H2. The highest BCUT2D eigenvalue weighted by Gasteiger charge is 2.31. The van der Waals surface area contributed by atoms with Crippen molar-refractivity contribution in [1.82, 2.24) is 4.90 Å². The Labute approximate surface area is 161 Å². The van der Waals surface area contributed by atoms with Gasteiger partial charge in [-0.3, -0.25) is 4.99 Å². The Bertz CT molecular complexity index is 922. The molecule has 2 aliphatic rings. The smallest absolute Gasteiger partial charge is 0.298 e. The predicted octanol–water partition coefficient (Wildman–Crippen LogP) is 3.23. The molecule has 144 valence electrons. The molecule has 0 saturated heterocycles. The van der Waals surface area contributed by atoms with Gasteiger partial charge in [0.05, 0.1) is 17.8 Å². The maximum atomic E-state index is 13.3. The number of amidine groups is 1. The van der Waals surface area contributed by atoms with Crippen LogP contribution in [-0.4, -0.2) is 42.3 Å². The van der Waals surface area contributed by atoms with Gasteiger partial charge < -0.3 is 15.4 Å². The second kappa shape index (κ2) is 7.90. The molecule has 2 aliphatic heterocycles. The number of halogens is 2. The van der Waals surface area contributed by atoms with Crippen molar-refractivity contribution in [1.29, 1.82) is 0 Å². The van der Waals surface area contributed by atoms with Crippen molar-refractivity contribution in [2.24, 2.45) is 15.7 Å². The van der Waals surface area contributed by atoms with Gasteiger partial charge in [0.15, 0.2) is 0 Å². The lowest BCUT2D eigenvalue weighted by Gasteiger charge is -2.38. The molecule has 5 nitrogen and oxygen atoms in total. The Balaban J connectivity index is 1.65. The zero-order valence-electron chi connectivity index (χ0n) is 15.1. The van der Waals surface area contributed by atoms with Gasteiger partial charge in [-0.1, -0.05) is 0 Å². The van der Waals surface area contributed by atoms with E-state index in [9.17, 15) is 8.78 Å². The van der Waals surface area contributed by atoms with Crippen LogP contribution in [-0.2, 0) is 0 Å². The Hall–Kier alpha value is -3.06. The fourth-order valence-corrected chi connectivity index (χ4v) is 3.30. The third-order valence-corrected chi connectivity index (χ3v) is 4.78. The lowest BCUT2D eigenvalue weighted by molar-refractivity contribution is 0.257. The molecule has 2 heterocycles. The van der Waals surface area contributed by atoms with Crippen molar-refractivity contribution in [2.45, 2.75) is 18.5 Å². The first-order valence-corrected chi connectivity index (χ1v) is 9.10. The monoisotopic (exact) mass is 382 g/mol. The van der Waals surface area contributed by atoms with E-state index in [0.29, 0.717) is 30.6 Å². The molecule has 0 spiro atoms. The summed E-state index contributed by atoms with van der Waals surface area (Å²) in [6, 6.07) is 12.0. The highest BCUT2D eigenvalue weighted by atomic mass is 19.1. The average molecular weight is 382 g/mol. The van der Waals surface area contributed by atoms with Crippen LogP contribution >= 0.6 is 0 Å². The number of hydrogen-bond acceptors (Lipinski definition) is 5. The Morgan fingerprint density at radius 1 is 1.00 bits per heavy atom. The summed E-state index contributed by atoms with van der Waals surface area (Å²) >= 11 is 0. The second-order valence-corrected chi connectivity index (χ2v) is 6.69. The van der Waals surface area contributed by atoms with E-state index < -0.39 is 0 Å². The van der Waals surface area contributed by atoms with E-state index in [1.165, 1.54) is 24.3 Å². The van der Waals surface area contributed by atoms with Crippen LogP contribution in [0.3, 0.4) is 0 Å². The molecule has 2 N–H and O–H groups in total. The lowest BCUT2D eigenvalue weighted by Crippen LogP contribution is -2.55. The molecule has 4 rings (SSSR count). The highest BCUT2D eigenvalue weighted by Crippen LogP contribution is 2.25. The van der Waals surface area contributed by atoms with Crippen LogP contribution in [0.1, 0.15) is 12.0 Å². The van der Waals surface area contributed by atoms with E-state index in [-0.39, 0.29) is 23.7 Å². The van der Waals surface area contributed by atoms with Gasteiger partial charge in [0.2, 0.25) is 0 Å². The second-order valence-electron chi connectivity index (χ2n) is 6.69. The van der Waals surface area contributed by atoms with Crippen LogP contribution in [0.15, 0.2) is 64.6 Å². The molecule has 0 fully saturated rings. The van der Waals surface area contributed by atoms with Crippen molar-refractivity contribution in [3.8, 4) is 5.75 Å². The van der Waals surface area contributed by atoms with Crippen LogP contribution in [0.25, 0.3) is 5.70 Å². The minimum absolute atomic E-state index is 0.0114. The maximum Gasteiger partial charge on any atom is 0.298 e. The number of hydrogen-bond donors (Lipinski definition) is 1. The molecular formula is C21H20F2N4O. The van der Waals surface area contributed by atoms with Gasteiger partial charge in [-0.05, 0) is 61.0 Å². The number of aliphatic imine (C=N–C) groups is 2. The predicted molar refractivity (Wildman–Crippen MR) is 105 cm³/mol.